The van der Waals surface area contributed by atoms with Gasteiger partial charge in [-0.15, -0.1) is 0 Å². The Morgan fingerprint density at radius 2 is 1.59 bits per heavy atom. The molecule has 0 radical (unpaired) electrons. The zero-order valence-corrected chi connectivity index (χ0v) is 12.7. The molecule has 10 nitrogen and oxygen atoms in total. The van der Waals surface area contributed by atoms with Crippen LogP contribution in [0.15, 0.2) is 0 Å². The van der Waals surface area contributed by atoms with Crippen molar-refractivity contribution in [2.75, 3.05) is 40.1 Å². The Morgan fingerprint density at radius 3 is 2.00 bits per heavy atom. The quantitative estimate of drug-likeness (QED) is 0.189. The molecule has 5 atom stereocenters. The predicted octanol–water partition coefficient (Wildman–Crippen LogP) is -3.26. The molecular weight excluding hydrogens is 304 g/mol. The molecule has 0 aromatic heterocycles. The lowest BCUT2D eigenvalue weighted by atomic mass is 10.2. The van der Waals surface area contributed by atoms with Crippen molar-refractivity contribution in [2.45, 2.75) is 37.5 Å². The molecule has 0 aliphatic heterocycles. The average molecular weight is 330 g/mol. The summed E-state index contributed by atoms with van der Waals surface area (Å²) in [6, 6.07) is 0. The topological polar surface area (TPSA) is 158 Å². The van der Waals surface area contributed by atoms with Crippen LogP contribution in [0.5, 0.6) is 0 Å². The molecule has 0 fully saturated rings. The minimum Gasteiger partial charge on any atom is -0.394 e. The average Bonchev–Trinajstić information content (AvgIpc) is 2.50. The second kappa shape index (κ2) is 11.2. The second-order valence-corrected chi connectivity index (χ2v) is 4.66. The van der Waals surface area contributed by atoms with Gasteiger partial charge in [-0.2, -0.15) is 0 Å². The second-order valence-electron chi connectivity index (χ2n) is 4.66. The highest BCUT2D eigenvalue weighted by atomic mass is 16.7. The first kappa shape index (κ1) is 21.6. The van der Waals surface area contributed by atoms with Crippen molar-refractivity contribution in [3.05, 3.63) is 0 Å². The maximum Gasteiger partial charge on any atom is 0.189 e. The molecular formula is C12H26O10. The fraction of sp³-hybridized carbons (Fsp3) is 1.00. The van der Waals surface area contributed by atoms with E-state index in [-0.39, 0.29) is 0 Å². The van der Waals surface area contributed by atoms with Gasteiger partial charge in [-0.3, -0.25) is 0 Å². The van der Waals surface area contributed by atoms with Crippen molar-refractivity contribution >= 4 is 0 Å². The Labute approximate surface area is 128 Å². The molecule has 6 N–H and O–H groups in total. The van der Waals surface area contributed by atoms with Crippen LogP contribution >= 0.6 is 0 Å². The summed E-state index contributed by atoms with van der Waals surface area (Å²) in [5.74, 6) is -1.94. The van der Waals surface area contributed by atoms with Gasteiger partial charge in [0.25, 0.3) is 0 Å². The van der Waals surface area contributed by atoms with Gasteiger partial charge in [-0.05, 0) is 6.92 Å². The molecule has 10 heteroatoms. The maximum atomic E-state index is 9.52. The Bertz CT molecular complexity index is 271. The van der Waals surface area contributed by atoms with Crippen molar-refractivity contribution < 1.29 is 49.6 Å². The maximum absolute atomic E-state index is 9.52. The number of hydrogen-bond donors (Lipinski definition) is 6. The third-order valence-corrected chi connectivity index (χ3v) is 2.65. The summed E-state index contributed by atoms with van der Waals surface area (Å²) in [5.41, 5.74) is 0. The highest BCUT2D eigenvalue weighted by Crippen LogP contribution is 2.11. The summed E-state index contributed by atoms with van der Waals surface area (Å²) < 4.78 is 19.8. The summed E-state index contributed by atoms with van der Waals surface area (Å²) in [5, 5.41) is 55.2. The fourth-order valence-electron chi connectivity index (χ4n) is 1.46. The summed E-state index contributed by atoms with van der Waals surface area (Å²) in [4.78, 5) is 0. The van der Waals surface area contributed by atoms with Gasteiger partial charge in [0.05, 0.1) is 33.0 Å². The van der Waals surface area contributed by atoms with Gasteiger partial charge < -0.3 is 49.6 Å². The van der Waals surface area contributed by atoms with E-state index >= 15 is 0 Å². The van der Waals surface area contributed by atoms with E-state index in [0.717, 1.165) is 6.92 Å². The predicted molar refractivity (Wildman–Crippen MR) is 71.5 cm³/mol. The van der Waals surface area contributed by atoms with Crippen LogP contribution < -0.4 is 0 Å². The lowest BCUT2D eigenvalue weighted by Gasteiger charge is -2.29. The molecule has 0 amide bonds. The minimum atomic E-state index is -1.94. The monoisotopic (exact) mass is 330 g/mol. The van der Waals surface area contributed by atoms with Crippen LogP contribution in [0, 0.1) is 0 Å². The zero-order valence-electron chi connectivity index (χ0n) is 12.7. The van der Waals surface area contributed by atoms with Gasteiger partial charge in [0.2, 0.25) is 0 Å². The molecule has 22 heavy (non-hydrogen) atoms. The molecule has 0 aliphatic rings. The molecule has 0 aliphatic carbocycles. The number of hydrogen-bond acceptors (Lipinski definition) is 10. The molecule has 0 bridgehead atoms. The van der Waals surface area contributed by atoms with Gasteiger partial charge in [0.15, 0.2) is 18.4 Å². The minimum absolute atomic E-state index is 0.460. The highest BCUT2D eigenvalue weighted by Gasteiger charge is 2.28. The van der Waals surface area contributed by atoms with E-state index in [2.05, 4.69) is 0 Å². The van der Waals surface area contributed by atoms with E-state index < -0.39 is 63.6 Å². The Morgan fingerprint density at radius 1 is 1.00 bits per heavy atom. The first-order valence-corrected chi connectivity index (χ1v) is 6.65. The third kappa shape index (κ3) is 8.29. The molecule has 134 valence electrons. The van der Waals surface area contributed by atoms with Crippen molar-refractivity contribution in [1.29, 1.82) is 0 Å². The number of methoxy groups -OCH3 is 1. The van der Waals surface area contributed by atoms with E-state index in [0.29, 0.717) is 0 Å². The van der Waals surface area contributed by atoms with Crippen molar-refractivity contribution in [2.24, 2.45) is 0 Å². The first-order valence-electron chi connectivity index (χ1n) is 6.65. The van der Waals surface area contributed by atoms with Gasteiger partial charge in [0, 0.05) is 7.11 Å². The van der Waals surface area contributed by atoms with Gasteiger partial charge in [-0.1, -0.05) is 0 Å². The van der Waals surface area contributed by atoms with Gasteiger partial charge >= 0.3 is 0 Å². The first-order chi connectivity index (χ1) is 10.3. The van der Waals surface area contributed by atoms with Crippen LogP contribution in [0.4, 0.5) is 0 Å². The number of aliphatic hydroxyl groups excluding tert-OH is 5. The van der Waals surface area contributed by atoms with Gasteiger partial charge in [0.1, 0.15) is 12.2 Å². The van der Waals surface area contributed by atoms with E-state index in [1.54, 1.807) is 0 Å². The number of rotatable bonds is 13. The molecule has 0 saturated carbocycles. The number of ether oxygens (including phenoxy) is 4. The zero-order chi connectivity index (χ0) is 17.2. The molecule has 0 heterocycles. The Hall–Kier alpha value is -0.400. The Kier molecular flexibility index (Phi) is 11.0. The van der Waals surface area contributed by atoms with Crippen molar-refractivity contribution in [3.8, 4) is 0 Å². The van der Waals surface area contributed by atoms with E-state index in [1.165, 1.54) is 7.11 Å². The van der Waals surface area contributed by atoms with Crippen molar-refractivity contribution in [3.63, 3.8) is 0 Å². The smallest absolute Gasteiger partial charge is 0.189 e. The Balaban J connectivity index is 4.43. The van der Waals surface area contributed by atoms with E-state index in [1.807, 2.05) is 0 Å². The summed E-state index contributed by atoms with van der Waals surface area (Å²) in [7, 11) is 1.29. The third-order valence-electron chi connectivity index (χ3n) is 2.65. The normalized spacial score (nSPS) is 20.2. The fourth-order valence-corrected chi connectivity index (χ4v) is 1.46. The van der Waals surface area contributed by atoms with Crippen LogP contribution in [0.3, 0.4) is 0 Å². The summed E-state index contributed by atoms with van der Waals surface area (Å²) >= 11 is 0. The summed E-state index contributed by atoms with van der Waals surface area (Å²) in [6.45, 7) is -1.59. The molecule has 0 unspecified atom stereocenters. The van der Waals surface area contributed by atoms with E-state index in [4.69, 9.17) is 29.2 Å². The van der Waals surface area contributed by atoms with Gasteiger partial charge in [-0.25, -0.2) is 0 Å². The standard InChI is InChI=1S/C12H26O10/c1-12(18,7-16)22-10(17)6-20-8(3-13)9(4-14)21-11(5-15)19-2/h8-11,13-18H,3-7H2,1-2H3/t8-,9+,10-,11-,12-/m0/s1. The van der Waals surface area contributed by atoms with Crippen LogP contribution in [0.2, 0.25) is 0 Å². The number of aliphatic hydroxyl groups is 6. The molecule has 0 aromatic rings. The SMILES string of the molecule is CO[C@H](CO)O[C@H](CO)[C@H](CO)OC[C@@H](O)O[C@](C)(O)CO. The lowest BCUT2D eigenvalue weighted by Crippen LogP contribution is -2.44. The summed E-state index contributed by atoms with van der Waals surface area (Å²) in [6.07, 6.45) is -4.64. The molecule has 0 rings (SSSR count). The van der Waals surface area contributed by atoms with Crippen LogP contribution in [-0.4, -0.2) is 101 Å². The largest absolute Gasteiger partial charge is 0.394 e. The highest BCUT2D eigenvalue weighted by molar-refractivity contribution is 4.70. The molecule has 0 spiro atoms. The van der Waals surface area contributed by atoms with E-state index in [9.17, 15) is 20.4 Å². The molecule has 0 aromatic carbocycles. The molecule has 0 saturated heterocycles. The van der Waals surface area contributed by atoms with Crippen LogP contribution in [0.1, 0.15) is 6.92 Å². The van der Waals surface area contributed by atoms with Crippen LogP contribution in [0.25, 0.3) is 0 Å². The van der Waals surface area contributed by atoms with Crippen molar-refractivity contribution in [1.82, 2.24) is 0 Å². The van der Waals surface area contributed by atoms with Crippen LogP contribution in [-0.2, 0) is 18.9 Å². The lowest BCUT2D eigenvalue weighted by molar-refractivity contribution is -0.298.